The molecule has 2 rings (SSSR count). The largest absolute Gasteiger partial charge is 0.383 e. The fraction of sp³-hybridized carbons (Fsp3) is 0.556. The summed E-state index contributed by atoms with van der Waals surface area (Å²) < 4.78 is 5.16. The van der Waals surface area contributed by atoms with Gasteiger partial charge in [0.05, 0.1) is 18.6 Å². The van der Waals surface area contributed by atoms with Crippen molar-refractivity contribution in [2.24, 2.45) is 5.92 Å². The first-order chi connectivity index (χ1) is 11.1. The first-order valence-electron chi connectivity index (χ1n) is 8.21. The number of carbonyl (C=O) groups is 2. The molecule has 1 heterocycles. The van der Waals surface area contributed by atoms with Crippen LogP contribution in [0.5, 0.6) is 0 Å². The molecule has 1 N–H and O–H groups in total. The van der Waals surface area contributed by atoms with Gasteiger partial charge in [0.25, 0.3) is 0 Å². The fourth-order valence-corrected chi connectivity index (χ4v) is 3.29. The Morgan fingerprint density at radius 2 is 2.13 bits per heavy atom. The zero-order valence-corrected chi connectivity index (χ0v) is 14.2. The third-order valence-electron chi connectivity index (χ3n) is 4.44. The van der Waals surface area contributed by atoms with Crippen LogP contribution in [0.15, 0.2) is 24.3 Å². The lowest BCUT2D eigenvalue weighted by molar-refractivity contribution is -0.144. The van der Waals surface area contributed by atoms with E-state index >= 15 is 0 Å². The third kappa shape index (κ3) is 3.91. The summed E-state index contributed by atoms with van der Waals surface area (Å²) in [6.07, 6.45) is 1.00. The van der Waals surface area contributed by atoms with Crippen LogP contribution in [-0.4, -0.2) is 43.5 Å². The van der Waals surface area contributed by atoms with Crippen molar-refractivity contribution in [3.05, 3.63) is 35.4 Å². The van der Waals surface area contributed by atoms with Gasteiger partial charge in [-0.05, 0) is 31.4 Å². The Morgan fingerprint density at radius 3 is 2.78 bits per heavy atom. The average molecular weight is 318 g/mol. The van der Waals surface area contributed by atoms with E-state index in [9.17, 15) is 9.59 Å². The molecule has 1 aromatic carbocycles. The summed E-state index contributed by atoms with van der Waals surface area (Å²) in [7, 11) is 1.62. The van der Waals surface area contributed by atoms with Crippen molar-refractivity contribution in [1.82, 2.24) is 10.2 Å². The van der Waals surface area contributed by atoms with E-state index in [1.807, 2.05) is 43.0 Å². The third-order valence-corrected chi connectivity index (χ3v) is 4.44. The van der Waals surface area contributed by atoms with Crippen molar-refractivity contribution in [3.63, 3.8) is 0 Å². The van der Waals surface area contributed by atoms with Crippen molar-refractivity contribution < 1.29 is 14.3 Å². The predicted molar refractivity (Wildman–Crippen MR) is 88.9 cm³/mol. The van der Waals surface area contributed by atoms with Crippen LogP contribution < -0.4 is 5.32 Å². The fourth-order valence-electron chi connectivity index (χ4n) is 3.29. The monoisotopic (exact) mass is 318 g/mol. The molecule has 126 valence electrons. The quantitative estimate of drug-likeness (QED) is 0.873. The molecule has 0 unspecified atom stereocenters. The van der Waals surface area contributed by atoms with Crippen molar-refractivity contribution in [2.75, 3.05) is 26.8 Å². The zero-order chi connectivity index (χ0) is 16.8. The van der Waals surface area contributed by atoms with Gasteiger partial charge in [0.2, 0.25) is 11.8 Å². The van der Waals surface area contributed by atoms with Gasteiger partial charge in [-0.15, -0.1) is 0 Å². The molecule has 0 spiro atoms. The second-order valence-electron chi connectivity index (χ2n) is 5.92. The Labute approximate surface area is 138 Å². The van der Waals surface area contributed by atoms with E-state index in [2.05, 4.69) is 5.32 Å². The summed E-state index contributed by atoms with van der Waals surface area (Å²) in [5, 5.41) is 2.92. The number of piperidine rings is 1. The van der Waals surface area contributed by atoms with Gasteiger partial charge in [0.15, 0.2) is 0 Å². The first-order valence-corrected chi connectivity index (χ1v) is 8.21. The molecule has 0 bridgehead atoms. The van der Waals surface area contributed by atoms with Gasteiger partial charge in [-0.1, -0.05) is 24.3 Å². The van der Waals surface area contributed by atoms with Gasteiger partial charge in [0.1, 0.15) is 0 Å². The summed E-state index contributed by atoms with van der Waals surface area (Å²) in [5.74, 6) is -0.0999. The summed E-state index contributed by atoms with van der Waals surface area (Å²) in [5.41, 5.74) is 2.15. The van der Waals surface area contributed by atoms with Gasteiger partial charge in [0, 0.05) is 26.6 Å². The molecule has 0 aromatic heterocycles. The Morgan fingerprint density at radius 1 is 1.39 bits per heavy atom. The number of likely N-dealkylation sites (tertiary alicyclic amines) is 1. The summed E-state index contributed by atoms with van der Waals surface area (Å²) in [6, 6.07) is 7.76. The highest BCUT2D eigenvalue weighted by atomic mass is 16.5. The van der Waals surface area contributed by atoms with Crippen LogP contribution in [0.25, 0.3) is 0 Å². The zero-order valence-electron chi connectivity index (χ0n) is 14.2. The SMILES string of the molecule is CCNC(=O)[C@@H]1CCC(=O)N(CCOC)[C@H]1c1ccccc1C. The normalized spacial score (nSPS) is 21.3. The minimum atomic E-state index is -0.223. The maximum Gasteiger partial charge on any atom is 0.225 e. The second kappa shape index (κ2) is 8.11. The number of ether oxygens (including phenoxy) is 1. The Bertz CT molecular complexity index is 557. The number of benzene rings is 1. The Balaban J connectivity index is 2.40. The lowest BCUT2D eigenvalue weighted by Gasteiger charge is -2.41. The van der Waals surface area contributed by atoms with E-state index in [1.54, 1.807) is 7.11 Å². The highest BCUT2D eigenvalue weighted by Crippen LogP contribution is 2.38. The molecule has 0 saturated carbocycles. The smallest absolute Gasteiger partial charge is 0.225 e. The van der Waals surface area contributed by atoms with Gasteiger partial charge >= 0.3 is 0 Å². The molecule has 1 aliphatic rings. The van der Waals surface area contributed by atoms with Crippen molar-refractivity contribution in [2.45, 2.75) is 32.7 Å². The van der Waals surface area contributed by atoms with E-state index in [0.29, 0.717) is 32.5 Å². The Hall–Kier alpha value is -1.88. The minimum absolute atomic E-state index is 0.0238. The van der Waals surface area contributed by atoms with Crippen LogP contribution in [0.1, 0.15) is 36.9 Å². The van der Waals surface area contributed by atoms with Crippen LogP contribution in [-0.2, 0) is 14.3 Å². The summed E-state index contributed by atoms with van der Waals surface area (Å²) in [4.78, 5) is 26.8. The van der Waals surface area contributed by atoms with Gasteiger partial charge in [-0.2, -0.15) is 0 Å². The summed E-state index contributed by atoms with van der Waals surface area (Å²) in [6.45, 7) is 5.51. The van der Waals surface area contributed by atoms with Crippen molar-refractivity contribution >= 4 is 11.8 Å². The topological polar surface area (TPSA) is 58.6 Å². The van der Waals surface area contributed by atoms with Crippen LogP contribution in [0.2, 0.25) is 0 Å². The van der Waals surface area contributed by atoms with E-state index in [0.717, 1.165) is 11.1 Å². The number of carbonyl (C=O) groups excluding carboxylic acids is 2. The number of aryl methyl sites for hydroxylation is 1. The van der Waals surface area contributed by atoms with Gasteiger partial charge in [-0.3, -0.25) is 9.59 Å². The van der Waals surface area contributed by atoms with Gasteiger partial charge in [-0.25, -0.2) is 0 Å². The maximum atomic E-state index is 12.5. The number of hydrogen-bond donors (Lipinski definition) is 1. The molecule has 0 radical (unpaired) electrons. The lowest BCUT2D eigenvalue weighted by atomic mass is 9.82. The molecule has 2 amide bonds. The number of rotatable bonds is 6. The maximum absolute atomic E-state index is 12.5. The van der Waals surface area contributed by atoms with E-state index < -0.39 is 0 Å². The molecular formula is C18H26N2O3. The standard InChI is InChI=1S/C18H26N2O3/c1-4-19-18(22)15-9-10-16(21)20(11-12-23-3)17(15)14-8-6-5-7-13(14)2/h5-8,15,17H,4,9-12H2,1-3H3,(H,19,22)/t15-,17+/m1/s1. The molecule has 5 heteroatoms. The van der Waals surface area contributed by atoms with Crippen molar-refractivity contribution in [3.8, 4) is 0 Å². The van der Waals surface area contributed by atoms with Crippen LogP contribution in [0.3, 0.4) is 0 Å². The number of nitrogens with one attached hydrogen (secondary N) is 1. The molecule has 0 aliphatic carbocycles. The number of hydrogen-bond acceptors (Lipinski definition) is 3. The molecule has 5 nitrogen and oxygen atoms in total. The first kappa shape index (κ1) is 17.5. The molecule has 1 aromatic rings. The number of nitrogens with zero attached hydrogens (tertiary/aromatic N) is 1. The molecule has 23 heavy (non-hydrogen) atoms. The van der Waals surface area contributed by atoms with E-state index in [4.69, 9.17) is 4.74 Å². The van der Waals surface area contributed by atoms with Crippen LogP contribution in [0.4, 0.5) is 0 Å². The number of methoxy groups -OCH3 is 1. The second-order valence-corrected chi connectivity index (χ2v) is 5.92. The molecule has 2 atom stereocenters. The average Bonchev–Trinajstić information content (AvgIpc) is 2.54. The highest BCUT2D eigenvalue weighted by molar-refractivity contribution is 5.85. The highest BCUT2D eigenvalue weighted by Gasteiger charge is 2.40. The van der Waals surface area contributed by atoms with Crippen LogP contribution in [0, 0.1) is 12.8 Å². The molecular weight excluding hydrogens is 292 g/mol. The minimum Gasteiger partial charge on any atom is -0.383 e. The van der Waals surface area contributed by atoms with Crippen LogP contribution >= 0.6 is 0 Å². The molecule has 1 saturated heterocycles. The van der Waals surface area contributed by atoms with Gasteiger partial charge < -0.3 is 15.0 Å². The van der Waals surface area contributed by atoms with E-state index in [-0.39, 0.29) is 23.8 Å². The Kier molecular flexibility index (Phi) is 6.16. The molecule has 1 fully saturated rings. The van der Waals surface area contributed by atoms with E-state index in [1.165, 1.54) is 0 Å². The lowest BCUT2D eigenvalue weighted by Crippen LogP contribution is -2.49. The molecule has 1 aliphatic heterocycles. The van der Waals surface area contributed by atoms with Crippen molar-refractivity contribution in [1.29, 1.82) is 0 Å². The summed E-state index contributed by atoms with van der Waals surface area (Å²) >= 11 is 0. The number of amides is 2. The predicted octanol–water partition coefficient (Wildman–Crippen LogP) is 2.06.